The van der Waals surface area contributed by atoms with Crippen LogP contribution < -0.4 is 10.6 Å². The first-order valence-electron chi connectivity index (χ1n) is 6.95. The van der Waals surface area contributed by atoms with E-state index in [4.69, 9.17) is 0 Å². The fraction of sp³-hybridized carbons (Fsp3) is 0.250. The van der Waals surface area contributed by atoms with Crippen LogP contribution in [0.5, 0.6) is 0 Å². The van der Waals surface area contributed by atoms with Gasteiger partial charge in [-0.1, -0.05) is 35.3 Å². The van der Waals surface area contributed by atoms with Crippen LogP contribution in [-0.2, 0) is 0 Å². The molecule has 0 aliphatic carbocycles. The molecule has 0 bridgehead atoms. The van der Waals surface area contributed by atoms with Crippen molar-refractivity contribution in [1.29, 1.82) is 0 Å². The fourth-order valence-electron chi connectivity index (χ4n) is 1.85. The number of benzene rings is 1. The van der Waals surface area contributed by atoms with Gasteiger partial charge in [0.1, 0.15) is 0 Å². The molecule has 0 saturated carbocycles. The first-order chi connectivity index (χ1) is 10.2. The number of carbonyl (C=O) groups is 1. The van der Waals surface area contributed by atoms with Crippen molar-refractivity contribution >= 4 is 33.2 Å². The molecule has 2 N–H and O–H groups in total. The number of amides is 1. The monoisotopic (exact) mass is 347 g/mol. The van der Waals surface area contributed by atoms with Crippen molar-refractivity contribution in [3.63, 3.8) is 0 Å². The van der Waals surface area contributed by atoms with Gasteiger partial charge in [0.25, 0.3) is 5.91 Å². The molecule has 0 unspecified atom stereocenters. The molecular formula is C16H18BrN3O. The molecule has 0 saturated heterocycles. The van der Waals surface area contributed by atoms with Crippen molar-refractivity contribution < 1.29 is 4.79 Å². The van der Waals surface area contributed by atoms with Crippen LogP contribution >= 0.6 is 15.9 Å². The predicted molar refractivity (Wildman–Crippen MR) is 88.9 cm³/mol. The summed E-state index contributed by atoms with van der Waals surface area (Å²) in [5, 5.41) is 6.12. The molecule has 0 spiro atoms. The third-order valence-electron chi connectivity index (χ3n) is 2.93. The van der Waals surface area contributed by atoms with Crippen LogP contribution in [0.4, 0.5) is 11.4 Å². The lowest BCUT2D eigenvalue weighted by molar-refractivity contribution is 0.0953. The molecule has 21 heavy (non-hydrogen) atoms. The molecule has 0 fully saturated rings. The van der Waals surface area contributed by atoms with Crippen LogP contribution in [0.15, 0.2) is 47.2 Å². The van der Waals surface area contributed by atoms with Gasteiger partial charge in [0.2, 0.25) is 0 Å². The fourth-order valence-corrected chi connectivity index (χ4v) is 2.25. The minimum Gasteiger partial charge on any atom is -0.354 e. The smallest absolute Gasteiger partial charge is 0.252 e. The Balaban J connectivity index is 2.05. The van der Waals surface area contributed by atoms with Gasteiger partial charge in [0.15, 0.2) is 0 Å². The Kier molecular flexibility index (Phi) is 5.75. The van der Waals surface area contributed by atoms with Gasteiger partial charge >= 0.3 is 0 Å². The normalized spacial score (nSPS) is 10.2. The van der Waals surface area contributed by atoms with E-state index in [-0.39, 0.29) is 5.91 Å². The minimum atomic E-state index is -0.0890. The quantitative estimate of drug-likeness (QED) is 0.772. The number of unbranched alkanes of at least 4 members (excludes halogenated alkanes) is 1. The number of carbonyl (C=O) groups excluding carboxylic acids is 1. The van der Waals surface area contributed by atoms with Crippen molar-refractivity contribution in [3.8, 4) is 0 Å². The maximum absolute atomic E-state index is 12.0. The van der Waals surface area contributed by atoms with Gasteiger partial charge < -0.3 is 10.6 Å². The number of hydrogen-bond donors (Lipinski definition) is 2. The van der Waals surface area contributed by atoms with Crippen molar-refractivity contribution in [2.45, 2.75) is 19.8 Å². The molecule has 0 aliphatic rings. The van der Waals surface area contributed by atoms with Gasteiger partial charge in [0.05, 0.1) is 17.4 Å². The van der Waals surface area contributed by atoms with Gasteiger partial charge in [-0.3, -0.25) is 9.78 Å². The third kappa shape index (κ3) is 4.86. The van der Waals surface area contributed by atoms with Gasteiger partial charge in [-0.25, -0.2) is 0 Å². The summed E-state index contributed by atoms with van der Waals surface area (Å²) in [5.74, 6) is -0.0890. The summed E-state index contributed by atoms with van der Waals surface area (Å²) in [4.78, 5) is 16.1. The molecule has 1 heterocycles. The zero-order valence-electron chi connectivity index (χ0n) is 11.9. The van der Waals surface area contributed by atoms with Crippen LogP contribution in [-0.4, -0.2) is 17.4 Å². The number of nitrogens with zero attached hydrogens (tertiary/aromatic N) is 1. The average molecular weight is 348 g/mol. The Morgan fingerprint density at radius 2 is 2.10 bits per heavy atom. The van der Waals surface area contributed by atoms with Crippen molar-refractivity contribution in [3.05, 3.63) is 52.8 Å². The highest BCUT2D eigenvalue weighted by atomic mass is 79.9. The second kappa shape index (κ2) is 7.78. The summed E-state index contributed by atoms with van der Waals surface area (Å²) in [6.45, 7) is 2.79. The van der Waals surface area contributed by atoms with Gasteiger partial charge in [0, 0.05) is 22.9 Å². The van der Waals surface area contributed by atoms with Crippen molar-refractivity contribution in [2.24, 2.45) is 0 Å². The average Bonchev–Trinajstić information content (AvgIpc) is 2.48. The molecule has 0 atom stereocenters. The van der Waals surface area contributed by atoms with Gasteiger partial charge in [-0.05, 0) is 30.7 Å². The van der Waals surface area contributed by atoms with E-state index in [0.717, 1.165) is 28.7 Å². The highest BCUT2D eigenvalue weighted by Crippen LogP contribution is 2.20. The number of halogens is 1. The van der Waals surface area contributed by atoms with E-state index >= 15 is 0 Å². The summed E-state index contributed by atoms with van der Waals surface area (Å²) in [5.41, 5.74) is 2.29. The van der Waals surface area contributed by atoms with Crippen LogP contribution in [0.3, 0.4) is 0 Å². The molecule has 1 aromatic heterocycles. The molecule has 0 radical (unpaired) electrons. The zero-order chi connectivity index (χ0) is 15.1. The summed E-state index contributed by atoms with van der Waals surface area (Å²) in [7, 11) is 0. The lowest BCUT2D eigenvalue weighted by atomic mass is 10.2. The van der Waals surface area contributed by atoms with Crippen molar-refractivity contribution in [1.82, 2.24) is 10.3 Å². The molecule has 1 aromatic carbocycles. The number of pyridine rings is 1. The van der Waals surface area contributed by atoms with Gasteiger partial charge in [-0.2, -0.15) is 0 Å². The summed E-state index contributed by atoms with van der Waals surface area (Å²) < 4.78 is 0.994. The van der Waals surface area contributed by atoms with Crippen LogP contribution in [0.2, 0.25) is 0 Å². The number of nitrogens with one attached hydrogen (secondary N) is 2. The first kappa shape index (κ1) is 15.5. The summed E-state index contributed by atoms with van der Waals surface area (Å²) in [6.07, 6.45) is 5.31. The number of hydrogen-bond acceptors (Lipinski definition) is 3. The first-order valence-corrected chi connectivity index (χ1v) is 7.74. The number of aromatic nitrogens is 1. The minimum absolute atomic E-state index is 0.0890. The second-order valence-corrected chi connectivity index (χ2v) is 5.62. The van der Waals surface area contributed by atoms with Crippen LogP contribution in [0.1, 0.15) is 30.1 Å². The maximum atomic E-state index is 12.0. The number of rotatable bonds is 6. The Bertz CT molecular complexity index is 616. The standard InChI is InChI=1S/C16H18BrN3O/c1-2-3-7-19-16(21)12-8-15(11-18-10-12)20-14-6-4-5-13(17)9-14/h4-6,8-11,20H,2-3,7H2,1H3,(H,19,21). The molecule has 4 nitrogen and oxygen atoms in total. The van der Waals surface area contributed by atoms with Crippen LogP contribution in [0.25, 0.3) is 0 Å². The van der Waals surface area contributed by atoms with E-state index in [1.165, 1.54) is 0 Å². The molecule has 2 rings (SSSR count). The van der Waals surface area contributed by atoms with E-state index in [1.807, 2.05) is 24.3 Å². The topological polar surface area (TPSA) is 54.0 Å². The summed E-state index contributed by atoms with van der Waals surface area (Å²) in [6, 6.07) is 9.63. The largest absolute Gasteiger partial charge is 0.354 e. The lowest BCUT2D eigenvalue weighted by Gasteiger charge is -2.08. The molecule has 2 aromatic rings. The van der Waals surface area contributed by atoms with E-state index in [2.05, 4.69) is 38.5 Å². The second-order valence-electron chi connectivity index (χ2n) is 4.71. The lowest BCUT2D eigenvalue weighted by Crippen LogP contribution is -2.24. The highest BCUT2D eigenvalue weighted by Gasteiger charge is 2.06. The van der Waals surface area contributed by atoms with E-state index < -0.39 is 0 Å². The molecular weight excluding hydrogens is 330 g/mol. The number of anilines is 2. The highest BCUT2D eigenvalue weighted by molar-refractivity contribution is 9.10. The molecule has 5 heteroatoms. The Morgan fingerprint density at radius 3 is 2.86 bits per heavy atom. The van der Waals surface area contributed by atoms with E-state index in [0.29, 0.717) is 12.1 Å². The maximum Gasteiger partial charge on any atom is 0.252 e. The molecule has 1 amide bonds. The van der Waals surface area contributed by atoms with Gasteiger partial charge in [-0.15, -0.1) is 0 Å². The van der Waals surface area contributed by atoms with E-state index in [9.17, 15) is 4.79 Å². The zero-order valence-corrected chi connectivity index (χ0v) is 13.5. The third-order valence-corrected chi connectivity index (χ3v) is 3.42. The SMILES string of the molecule is CCCCNC(=O)c1cncc(Nc2cccc(Br)c2)c1. The molecule has 0 aliphatic heterocycles. The van der Waals surface area contributed by atoms with Crippen LogP contribution in [0, 0.1) is 0 Å². The van der Waals surface area contributed by atoms with E-state index in [1.54, 1.807) is 18.5 Å². The predicted octanol–water partition coefficient (Wildman–Crippen LogP) is 4.12. The summed E-state index contributed by atoms with van der Waals surface area (Å²) >= 11 is 3.43. The van der Waals surface area contributed by atoms with Crippen molar-refractivity contribution in [2.75, 3.05) is 11.9 Å². The molecule has 110 valence electrons. The Morgan fingerprint density at radius 1 is 1.24 bits per heavy atom. The Hall–Kier alpha value is -1.88. The Labute approximate surface area is 133 Å².